The fraction of sp³-hybridized carbons (Fsp3) is 0.492. The first-order valence-corrected chi connectivity index (χ1v) is 29.2. The summed E-state index contributed by atoms with van der Waals surface area (Å²) in [6, 6.07) is 40.9. The first-order valence-electron chi connectivity index (χ1n) is 29.2. The monoisotopic (exact) mass is 1070 g/mol. The number of nitrogens with zero attached hydrogens (tertiary/aromatic N) is 7. The molecule has 2 aliphatic carbocycles. The molecule has 2 saturated carbocycles. The largest absolute Gasteiger partial charge is 0.444 e. The summed E-state index contributed by atoms with van der Waals surface area (Å²) in [6.45, 7) is 13.5. The molecule has 14 nitrogen and oxygen atoms in total. The van der Waals surface area contributed by atoms with Gasteiger partial charge in [-0.05, 0) is 92.6 Å². The first-order chi connectivity index (χ1) is 38.2. The molecule has 14 heteroatoms. The van der Waals surface area contributed by atoms with E-state index in [0.29, 0.717) is 69.5 Å². The molecule has 2 aromatic heterocycles. The second-order valence-corrected chi connectivity index (χ2v) is 23.4. The number of pyridine rings is 2. The smallest absolute Gasteiger partial charge is 0.410 e. The van der Waals surface area contributed by atoms with Gasteiger partial charge < -0.3 is 33.9 Å². The molecule has 4 aromatic carbocycles. The Bertz CT molecular complexity index is 3120. The summed E-state index contributed by atoms with van der Waals surface area (Å²) < 4.78 is 9.10. The van der Waals surface area contributed by atoms with E-state index >= 15 is 0 Å². The van der Waals surface area contributed by atoms with Gasteiger partial charge in [-0.1, -0.05) is 136 Å². The molecule has 1 N–H and O–H groups in total. The van der Waals surface area contributed by atoms with Crippen molar-refractivity contribution in [1.82, 2.24) is 39.0 Å². The molecule has 3 amide bonds. The minimum Gasteiger partial charge on any atom is -0.444 e. The number of para-hydroxylation sites is 2. The number of hydrogen-bond acceptors (Lipinski definition) is 9. The van der Waals surface area contributed by atoms with Gasteiger partial charge in [0.15, 0.2) is 0 Å². The van der Waals surface area contributed by atoms with Crippen LogP contribution >= 0.6 is 0 Å². The van der Waals surface area contributed by atoms with E-state index in [1.807, 2.05) is 116 Å². The minimum atomic E-state index is -0.559. The number of aryl methyl sites for hydroxylation is 2. The van der Waals surface area contributed by atoms with Gasteiger partial charge in [-0.3, -0.25) is 29.0 Å². The van der Waals surface area contributed by atoms with Crippen LogP contribution in [0.25, 0.3) is 21.8 Å². The average Bonchev–Trinajstić information content (AvgIpc) is 3.52. The summed E-state index contributed by atoms with van der Waals surface area (Å²) in [5, 5.41) is 5.56. The summed E-state index contributed by atoms with van der Waals surface area (Å²) in [5.74, 6) is 0.456. The highest BCUT2D eigenvalue weighted by Crippen LogP contribution is 2.31. The number of aromatic nitrogens is 2. The van der Waals surface area contributed by atoms with E-state index in [-0.39, 0.29) is 46.9 Å². The SMILES string of the molecule is Cn1c(=O)c(CN(CCN2CCN(C(=O)OC(C)(C)C)CC2c2ccccc2)C(=O)C2CCCCC2)cc2ccccc21.Cn1c(=O)c(CN(CCN2CCNCC2c2ccccc2)C(=O)C2CCCCC2)cc2ccccc21. The summed E-state index contributed by atoms with van der Waals surface area (Å²) >= 11 is 0. The fourth-order valence-electron chi connectivity index (χ4n) is 12.5. The molecule has 4 aliphatic rings. The molecule has 0 spiro atoms. The van der Waals surface area contributed by atoms with Gasteiger partial charge in [0, 0.05) is 109 Å². The highest BCUT2D eigenvalue weighted by Gasteiger charge is 2.35. The lowest BCUT2D eigenvalue weighted by molar-refractivity contribution is -0.138. The number of ether oxygens (including phenoxy) is 1. The van der Waals surface area contributed by atoms with Gasteiger partial charge in [-0.25, -0.2) is 4.79 Å². The Labute approximate surface area is 467 Å². The lowest BCUT2D eigenvalue weighted by Gasteiger charge is -2.42. The molecule has 79 heavy (non-hydrogen) atoms. The van der Waals surface area contributed by atoms with Crippen LogP contribution in [0.15, 0.2) is 131 Å². The normalized spacial score (nSPS) is 18.9. The Hall–Kier alpha value is -6.61. The standard InChI is InChI=1S/C35H46N4O4.C30H38N4O2/c1-35(2,3)43-34(42)39-22-20-37(31(25-39)26-13-7-5-8-14-26)19-21-38(33(41)27-15-9-6-10-16-27)24-29-23-28-17-11-12-18-30(28)36(4)32(29)40;1-32-27-15-9-8-14-25(27)20-26(29(32)35)22-34(30(36)24-12-6-3-7-13-24)19-18-33-17-16-31-21-28(33)23-10-4-2-5-11-23/h5,7-8,11-14,17-18,23,27,31H,6,9-10,15-16,19-22,24-25H2,1-4H3;2,4-5,8-11,14-15,20,24,28,31H,3,6-7,12-13,16-19,21-22H2,1H3. The maximum absolute atomic E-state index is 14.0. The molecule has 6 aromatic rings. The van der Waals surface area contributed by atoms with E-state index < -0.39 is 5.60 Å². The fourth-order valence-corrected chi connectivity index (χ4v) is 12.5. The van der Waals surface area contributed by atoms with Crippen molar-refractivity contribution in [2.75, 3.05) is 65.4 Å². The van der Waals surface area contributed by atoms with E-state index in [0.717, 1.165) is 105 Å². The van der Waals surface area contributed by atoms with Crippen molar-refractivity contribution in [1.29, 1.82) is 0 Å². The Morgan fingerprint density at radius 1 is 0.570 bits per heavy atom. The number of piperazine rings is 2. The van der Waals surface area contributed by atoms with Crippen molar-refractivity contribution in [3.63, 3.8) is 0 Å². The molecule has 4 heterocycles. The van der Waals surface area contributed by atoms with Gasteiger partial charge in [0.1, 0.15) is 5.60 Å². The van der Waals surface area contributed by atoms with Gasteiger partial charge >= 0.3 is 6.09 Å². The third-order valence-electron chi connectivity index (χ3n) is 16.8. The van der Waals surface area contributed by atoms with E-state index in [1.165, 1.54) is 18.4 Å². The third kappa shape index (κ3) is 14.4. The van der Waals surface area contributed by atoms with Crippen LogP contribution in [0.2, 0.25) is 0 Å². The Morgan fingerprint density at radius 3 is 1.49 bits per heavy atom. The molecule has 420 valence electrons. The van der Waals surface area contributed by atoms with E-state index in [9.17, 15) is 24.0 Å². The lowest BCUT2D eigenvalue weighted by atomic mass is 9.88. The van der Waals surface area contributed by atoms with Gasteiger partial charge in [-0.2, -0.15) is 0 Å². The highest BCUT2D eigenvalue weighted by molar-refractivity contribution is 5.82. The van der Waals surface area contributed by atoms with Crippen LogP contribution in [0.3, 0.4) is 0 Å². The maximum atomic E-state index is 14.0. The second kappa shape index (κ2) is 26.6. The molecular weight excluding hydrogens is 989 g/mol. The number of amides is 3. The number of rotatable bonds is 14. The van der Waals surface area contributed by atoms with Crippen molar-refractivity contribution in [2.45, 2.75) is 116 Å². The number of carbonyl (C=O) groups excluding carboxylic acids is 3. The summed E-state index contributed by atoms with van der Waals surface area (Å²) in [7, 11) is 3.63. The van der Waals surface area contributed by atoms with Crippen molar-refractivity contribution in [3.05, 3.63) is 164 Å². The minimum absolute atomic E-state index is 0.00648. The van der Waals surface area contributed by atoms with E-state index in [1.54, 1.807) is 21.1 Å². The van der Waals surface area contributed by atoms with Crippen molar-refractivity contribution in [2.24, 2.45) is 25.9 Å². The molecule has 4 fully saturated rings. The number of hydrogen-bond donors (Lipinski definition) is 1. The quantitative estimate of drug-likeness (QED) is 0.113. The zero-order valence-electron chi connectivity index (χ0n) is 47.5. The van der Waals surface area contributed by atoms with Crippen LogP contribution in [0.4, 0.5) is 4.79 Å². The van der Waals surface area contributed by atoms with Crippen LogP contribution in [-0.4, -0.2) is 123 Å². The van der Waals surface area contributed by atoms with Crippen LogP contribution in [0.5, 0.6) is 0 Å². The van der Waals surface area contributed by atoms with Crippen LogP contribution in [0.1, 0.15) is 119 Å². The van der Waals surface area contributed by atoms with Gasteiger partial charge in [0.2, 0.25) is 11.8 Å². The third-order valence-corrected chi connectivity index (χ3v) is 16.8. The van der Waals surface area contributed by atoms with Gasteiger partial charge in [0.25, 0.3) is 11.1 Å². The molecule has 2 atom stereocenters. The van der Waals surface area contributed by atoms with Gasteiger partial charge in [0.05, 0.1) is 30.2 Å². The van der Waals surface area contributed by atoms with E-state index in [4.69, 9.17) is 4.74 Å². The van der Waals surface area contributed by atoms with Crippen LogP contribution in [0, 0.1) is 11.8 Å². The summed E-state index contributed by atoms with van der Waals surface area (Å²) in [6.07, 6.45) is 10.2. The van der Waals surface area contributed by atoms with Crippen molar-refractivity contribution in [3.8, 4) is 0 Å². The zero-order valence-corrected chi connectivity index (χ0v) is 47.5. The number of fused-ring (bicyclic) bond motifs is 2. The predicted molar refractivity (Wildman–Crippen MR) is 315 cm³/mol. The molecule has 2 saturated heterocycles. The second-order valence-electron chi connectivity index (χ2n) is 23.4. The zero-order chi connectivity index (χ0) is 55.5. The Kier molecular flexibility index (Phi) is 19.2. The maximum Gasteiger partial charge on any atom is 0.410 e. The molecule has 0 bridgehead atoms. The molecule has 0 radical (unpaired) electrons. The molecule has 10 rings (SSSR count). The summed E-state index contributed by atoms with van der Waals surface area (Å²) in [4.78, 5) is 78.0. The molecular formula is C65H84N8O6. The average molecular weight is 1070 g/mol. The van der Waals surface area contributed by atoms with Crippen molar-refractivity contribution < 1.29 is 19.1 Å². The van der Waals surface area contributed by atoms with E-state index in [2.05, 4.69) is 57.6 Å². The molecule has 2 aliphatic heterocycles. The van der Waals surface area contributed by atoms with Crippen molar-refractivity contribution >= 4 is 39.7 Å². The van der Waals surface area contributed by atoms with Crippen LogP contribution in [-0.2, 0) is 41.5 Å². The highest BCUT2D eigenvalue weighted by atomic mass is 16.6. The Balaban J connectivity index is 0.000000195. The Morgan fingerprint density at radius 2 is 1.01 bits per heavy atom. The lowest BCUT2D eigenvalue weighted by Crippen LogP contribution is -2.53. The number of nitrogens with one attached hydrogen (secondary N) is 1. The topological polar surface area (TPSA) is 133 Å². The van der Waals surface area contributed by atoms with Gasteiger partial charge in [-0.15, -0.1) is 0 Å². The number of benzene rings is 4. The first kappa shape index (κ1) is 57.1. The number of carbonyl (C=O) groups is 3. The molecule has 2 unspecified atom stereocenters. The van der Waals surface area contributed by atoms with Crippen LogP contribution < -0.4 is 16.4 Å². The summed E-state index contributed by atoms with van der Waals surface area (Å²) in [5.41, 5.74) is 4.93. The predicted octanol–water partition coefficient (Wildman–Crippen LogP) is 9.84.